The third kappa shape index (κ3) is 3.92. The lowest BCUT2D eigenvalue weighted by atomic mass is 10.1. The van der Waals surface area contributed by atoms with Gasteiger partial charge in [0, 0.05) is 48.0 Å². The number of aromatic nitrogens is 5. The minimum atomic E-state index is -0.0152. The van der Waals surface area contributed by atoms with Crippen molar-refractivity contribution in [2.75, 3.05) is 5.32 Å². The molecule has 0 unspecified atom stereocenters. The van der Waals surface area contributed by atoms with Crippen molar-refractivity contribution in [3.05, 3.63) is 66.4 Å². The van der Waals surface area contributed by atoms with Crippen molar-refractivity contribution in [2.24, 2.45) is 0 Å². The van der Waals surface area contributed by atoms with E-state index in [9.17, 15) is 4.79 Å². The first kappa shape index (κ1) is 17.1. The molecule has 138 valence electrons. The van der Waals surface area contributed by atoms with Gasteiger partial charge in [-0.25, -0.2) is 0 Å². The standard InChI is InChI=1S/C20H22N6O/c1-2-25-12-15(9-22-25)13-26-14-17(11-23-26)24-20(27)8-7-16-10-21-19-6-4-3-5-18(16)19/h3-6,9-12,14,21H,2,7-8,13H2,1H3,(H,24,27). The first-order valence-corrected chi connectivity index (χ1v) is 9.10. The molecule has 0 fully saturated rings. The zero-order valence-corrected chi connectivity index (χ0v) is 15.2. The summed E-state index contributed by atoms with van der Waals surface area (Å²) in [5.41, 5.74) is 4.05. The Morgan fingerprint density at radius 3 is 2.85 bits per heavy atom. The summed E-state index contributed by atoms with van der Waals surface area (Å²) in [7, 11) is 0. The van der Waals surface area contributed by atoms with Gasteiger partial charge in [-0.1, -0.05) is 18.2 Å². The van der Waals surface area contributed by atoms with Gasteiger partial charge in [0.1, 0.15) is 0 Å². The minimum absolute atomic E-state index is 0.0152. The van der Waals surface area contributed by atoms with Crippen molar-refractivity contribution < 1.29 is 4.79 Å². The van der Waals surface area contributed by atoms with E-state index in [4.69, 9.17) is 0 Å². The van der Waals surface area contributed by atoms with Crippen LogP contribution in [0.15, 0.2) is 55.2 Å². The van der Waals surface area contributed by atoms with Gasteiger partial charge in [-0.3, -0.25) is 14.2 Å². The van der Waals surface area contributed by atoms with Crippen molar-refractivity contribution in [3.63, 3.8) is 0 Å². The lowest BCUT2D eigenvalue weighted by Crippen LogP contribution is -2.11. The number of hydrogen-bond donors (Lipinski definition) is 2. The number of carbonyl (C=O) groups excluding carboxylic acids is 1. The predicted molar refractivity (Wildman–Crippen MR) is 104 cm³/mol. The Hall–Kier alpha value is -3.35. The number of para-hydroxylation sites is 1. The van der Waals surface area contributed by atoms with Crippen molar-refractivity contribution in [3.8, 4) is 0 Å². The fraction of sp³-hybridized carbons (Fsp3) is 0.250. The number of hydrogen-bond acceptors (Lipinski definition) is 3. The second-order valence-electron chi connectivity index (χ2n) is 6.54. The molecule has 0 spiro atoms. The van der Waals surface area contributed by atoms with E-state index in [1.807, 2.05) is 47.7 Å². The van der Waals surface area contributed by atoms with Gasteiger partial charge in [-0.15, -0.1) is 0 Å². The number of aromatic amines is 1. The van der Waals surface area contributed by atoms with Gasteiger partial charge in [0.2, 0.25) is 5.91 Å². The molecule has 0 bridgehead atoms. The summed E-state index contributed by atoms with van der Waals surface area (Å²) in [5.74, 6) is -0.0152. The second kappa shape index (κ2) is 7.49. The Morgan fingerprint density at radius 1 is 1.15 bits per heavy atom. The molecule has 3 heterocycles. The molecule has 27 heavy (non-hydrogen) atoms. The van der Waals surface area contributed by atoms with Crippen LogP contribution in [-0.4, -0.2) is 30.5 Å². The maximum atomic E-state index is 12.3. The molecule has 0 saturated heterocycles. The van der Waals surface area contributed by atoms with Crippen molar-refractivity contribution in [1.29, 1.82) is 0 Å². The number of nitrogens with one attached hydrogen (secondary N) is 2. The van der Waals surface area contributed by atoms with E-state index in [1.54, 1.807) is 10.9 Å². The lowest BCUT2D eigenvalue weighted by molar-refractivity contribution is -0.116. The minimum Gasteiger partial charge on any atom is -0.361 e. The quantitative estimate of drug-likeness (QED) is 0.530. The summed E-state index contributed by atoms with van der Waals surface area (Å²) in [4.78, 5) is 15.5. The number of fused-ring (bicyclic) bond motifs is 1. The molecule has 0 aliphatic heterocycles. The van der Waals surface area contributed by atoms with Crippen molar-refractivity contribution in [1.82, 2.24) is 24.5 Å². The summed E-state index contributed by atoms with van der Waals surface area (Å²) in [6.07, 6.45) is 10.5. The van der Waals surface area contributed by atoms with Crippen LogP contribution in [0.4, 0.5) is 5.69 Å². The number of aryl methyl sites for hydroxylation is 2. The van der Waals surface area contributed by atoms with Crippen LogP contribution in [0.5, 0.6) is 0 Å². The van der Waals surface area contributed by atoms with E-state index >= 15 is 0 Å². The lowest BCUT2D eigenvalue weighted by Gasteiger charge is -2.02. The SMILES string of the molecule is CCn1cc(Cn2cc(NC(=O)CCc3c[nH]c4ccccc34)cn2)cn1. The largest absolute Gasteiger partial charge is 0.361 e. The molecule has 1 aromatic carbocycles. The van der Waals surface area contributed by atoms with Crippen LogP contribution in [0.2, 0.25) is 0 Å². The zero-order chi connectivity index (χ0) is 18.6. The third-order valence-corrected chi connectivity index (χ3v) is 4.57. The summed E-state index contributed by atoms with van der Waals surface area (Å²) >= 11 is 0. The van der Waals surface area contributed by atoms with Gasteiger partial charge < -0.3 is 10.3 Å². The Labute approximate surface area is 157 Å². The highest BCUT2D eigenvalue weighted by Crippen LogP contribution is 2.19. The van der Waals surface area contributed by atoms with Crippen LogP contribution in [0.3, 0.4) is 0 Å². The number of rotatable bonds is 7. The highest BCUT2D eigenvalue weighted by Gasteiger charge is 2.09. The van der Waals surface area contributed by atoms with E-state index in [0.29, 0.717) is 25.1 Å². The highest BCUT2D eigenvalue weighted by atomic mass is 16.1. The van der Waals surface area contributed by atoms with Crippen LogP contribution in [-0.2, 0) is 24.3 Å². The predicted octanol–water partition coefficient (Wildman–Crippen LogP) is 3.20. The number of carbonyl (C=O) groups is 1. The van der Waals surface area contributed by atoms with Gasteiger partial charge >= 0.3 is 0 Å². The average Bonchev–Trinajstić information content (AvgIpc) is 3.40. The van der Waals surface area contributed by atoms with Gasteiger partial charge in [-0.2, -0.15) is 10.2 Å². The molecule has 0 saturated carbocycles. The molecule has 4 aromatic rings. The molecule has 7 nitrogen and oxygen atoms in total. The number of nitrogens with zero attached hydrogens (tertiary/aromatic N) is 4. The Bertz CT molecular complexity index is 1060. The number of anilines is 1. The average molecular weight is 362 g/mol. The molecule has 4 rings (SSSR count). The molecule has 0 atom stereocenters. The van der Waals surface area contributed by atoms with Crippen LogP contribution in [0.1, 0.15) is 24.5 Å². The topological polar surface area (TPSA) is 80.5 Å². The van der Waals surface area contributed by atoms with Gasteiger partial charge in [0.05, 0.1) is 24.6 Å². The van der Waals surface area contributed by atoms with Crippen molar-refractivity contribution >= 4 is 22.5 Å². The zero-order valence-electron chi connectivity index (χ0n) is 15.2. The summed E-state index contributed by atoms with van der Waals surface area (Å²) < 4.78 is 3.68. The van der Waals surface area contributed by atoms with E-state index in [1.165, 1.54) is 5.39 Å². The first-order valence-electron chi connectivity index (χ1n) is 9.10. The molecule has 0 aliphatic rings. The Balaban J connectivity index is 1.32. The van der Waals surface area contributed by atoms with Gasteiger partial charge in [0.15, 0.2) is 0 Å². The summed E-state index contributed by atoms with van der Waals surface area (Å²) in [6.45, 7) is 3.52. The molecule has 0 radical (unpaired) electrons. The normalized spacial score (nSPS) is 11.1. The summed E-state index contributed by atoms with van der Waals surface area (Å²) in [5, 5.41) is 12.7. The number of amides is 1. The molecule has 2 N–H and O–H groups in total. The van der Waals surface area contributed by atoms with E-state index in [-0.39, 0.29) is 5.91 Å². The van der Waals surface area contributed by atoms with Crippen molar-refractivity contribution in [2.45, 2.75) is 32.9 Å². The fourth-order valence-corrected chi connectivity index (χ4v) is 3.17. The molecule has 0 aliphatic carbocycles. The van der Waals surface area contributed by atoms with Crippen LogP contribution in [0.25, 0.3) is 10.9 Å². The van der Waals surface area contributed by atoms with E-state index in [0.717, 1.165) is 23.2 Å². The van der Waals surface area contributed by atoms with Gasteiger partial charge in [0.25, 0.3) is 0 Å². The smallest absolute Gasteiger partial charge is 0.224 e. The first-order chi connectivity index (χ1) is 13.2. The van der Waals surface area contributed by atoms with Crippen LogP contribution < -0.4 is 5.32 Å². The van der Waals surface area contributed by atoms with Gasteiger partial charge in [-0.05, 0) is 25.0 Å². The molecule has 1 amide bonds. The van der Waals surface area contributed by atoms with Crippen LogP contribution >= 0.6 is 0 Å². The molecular formula is C20H22N6O. The number of benzene rings is 1. The Kier molecular flexibility index (Phi) is 4.74. The Morgan fingerprint density at radius 2 is 2.00 bits per heavy atom. The fourth-order valence-electron chi connectivity index (χ4n) is 3.17. The van der Waals surface area contributed by atoms with E-state index in [2.05, 4.69) is 33.5 Å². The highest BCUT2D eigenvalue weighted by molar-refractivity contribution is 5.91. The number of H-pyrrole nitrogens is 1. The second-order valence-corrected chi connectivity index (χ2v) is 6.54. The molecule has 3 aromatic heterocycles. The molecule has 7 heteroatoms. The van der Waals surface area contributed by atoms with E-state index < -0.39 is 0 Å². The summed E-state index contributed by atoms with van der Waals surface area (Å²) in [6, 6.07) is 8.12. The van der Waals surface area contributed by atoms with Crippen LogP contribution in [0, 0.1) is 0 Å². The molecular weight excluding hydrogens is 340 g/mol. The third-order valence-electron chi connectivity index (χ3n) is 4.57. The maximum absolute atomic E-state index is 12.3. The monoisotopic (exact) mass is 362 g/mol. The maximum Gasteiger partial charge on any atom is 0.224 e.